The van der Waals surface area contributed by atoms with Crippen molar-refractivity contribution in [3.8, 4) is 5.69 Å². The third kappa shape index (κ3) is 5.43. The third-order valence-electron chi connectivity index (χ3n) is 5.44. The van der Waals surface area contributed by atoms with Crippen LogP contribution in [0.5, 0.6) is 0 Å². The van der Waals surface area contributed by atoms with Crippen molar-refractivity contribution in [1.82, 2.24) is 19.7 Å². The first-order chi connectivity index (χ1) is 17.1. The number of benzene rings is 3. The smallest absolute Gasteiger partial charge is 0.346 e. The van der Waals surface area contributed by atoms with E-state index in [2.05, 4.69) is 10.4 Å². The molecule has 0 atom stereocenters. The highest BCUT2D eigenvalue weighted by molar-refractivity contribution is 5.91. The Morgan fingerprint density at radius 2 is 1.58 bits per heavy atom. The molecular formula is C26H21F3N4O3. The molecule has 0 bridgehead atoms. The average Bonchev–Trinajstić information content (AvgIpc) is 2.86. The van der Waals surface area contributed by atoms with Crippen LogP contribution in [0.1, 0.15) is 32.7 Å². The van der Waals surface area contributed by atoms with E-state index in [9.17, 15) is 27.6 Å². The maximum atomic E-state index is 13.2. The molecule has 1 N–H and O–H groups in total. The molecule has 0 aliphatic heterocycles. The number of hydrogen-bond acceptors (Lipinski definition) is 4. The Bertz CT molecular complexity index is 1510. The van der Waals surface area contributed by atoms with Crippen molar-refractivity contribution in [3.63, 3.8) is 0 Å². The van der Waals surface area contributed by atoms with E-state index in [1.54, 1.807) is 48.5 Å². The minimum Gasteiger partial charge on any atom is -0.346 e. The van der Waals surface area contributed by atoms with Crippen LogP contribution in [0, 0.1) is 6.92 Å². The van der Waals surface area contributed by atoms with Gasteiger partial charge >= 0.3 is 11.9 Å². The van der Waals surface area contributed by atoms with Crippen LogP contribution in [0.3, 0.4) is 0 Å². The lowest BCUT2D eigenvalue weighted by Crippen LogP contribution is -2.46. The minimum atomic E-state index is -4.59. The molecule has 36 heavy (non-hydrogen) atoms. The van der Waals surface area contributed by atoms with Crippen molar-refractivity contribution < 1.29 is 18.0 Å². The van der Waals surface area contributed by atoms with Crippen LogP contribution >= 0.6 is 0 Å². The Labute approximate surface area is 203 Å². The van der Waals surface area contributed by atoms with Gasteiger partial charge in [-0.3, -0.25) is 14.2 Å². The van der Waals surface area contributed by atoms with Gasteiger partial charge in [0.2, 0.25) is 5.69 Å². The van der Waals surface area contributed by atoms with Gasteiger partial charge in [0.05, 0.1) is 17.8 Å². The van der Waals surface area contributed by atoms with Crippen molar-refractivity contribution in [2.75, 3.05) is 0 Å². The summed E-state index contributed by atoms with van der Waals surface area (Å²) in [5, 5.41) is 6.63. The van der Waals surface area contributed by atoms with Gasteiger partial charge in [-0.15, -0.1) is 0 Å². The summed E-state index contributed by atoms with van der Waals surface area (Å²) in [6, 6.07) is 19.9. The van der Waals surface area contributed by atoms with Gasteiger partial charge in [0.15, 0.2) is 0 Å². The molecule has 0 saturated heterocycles. The molecule has 1 heterocycles. The van der Waals surface area contributed by atoms with Crippen LogP contribution in [0.4, 0.5) is 13.2 Å². The topological polar surface area (TPSA) is 86.0 Å². The monoisotopic (exact) mass is 494 g/mol. The van der Waals surface area contributed by atoms with E-state index in [1.165, 1.54) is 12.1 Å². The number of hydrogen-bond donors (Lipinski definition) is 1. The van der Waals surface area contributed by atoms with Crippen LogP contribution in [-0.2, 0) is 19.3 Å². The average molecular weight is 494 g/mol. The Balaban J connectivity index is 1.79. The number of rotatable bonds is 6. The van der Waals surface area contributed by atoms with E-state index in [0.29, 0.717) is 10.3 Å². The SMILES string of the molecule is Cc1ccc(-n2nc(C(=O)NCc3ccccc3)c(=O)n(Cc3cccc(C(F)(F)F)c3)c2=O)cc1. The molecule has 0 aliphatic rings. The highest BCUT2D eigenvalue weighted by Gasteiger charge is 2.30. The molecule has 4 rings (SSSR count). The van der Waals surface area contributed by atoms with E-state index in [4.69, 9.17) is 0 Å². The predicted molar refractivity (Wildman–Crippen MR) is 127 cm³/mol. The van der Waals surface area contributed by atoms with Crippen LogP contribution in [0.15, 0.2) is 88.5 Å². The molecule has 184 valence electrons. The summed E-state index contributed by atoms with van der Waals surface area (Å²) in [5.74, 6) is -0.817. The number of aromatic nitrogens is 3. The fraction of sp³-hybridized carbons (Fsp3) is 0.154. The van der Waals surface area contributed by atoms with Gasteiger partial charge in [-0.05, 0) is 42.3 Å². The van der Waals surface area contributed by atoms with Crippen molar-refractivity contribution in [1.29, 1.82) is 0 Å². The van der Waals surface area contributed by atoms with E-state index in [-0.39, 0.29) is 12.1 Å². The fourth-order valence-corrected chi connectivity index (χ4v) is 3.54. The normalized spacial score (nSPS) is 11.3. The summed E-state index contributed by atoms with van der Waals surface area (Å²) >= 11 is 0. The first kappa shape index (κ1) is 24.6. The third-order valence-corrected chi connectivity index (χ3v) is 5.44. The highest BCUT2D eigenvalue weighted by atomic mass is 19.4. The van der Waals surface area contributed by atoms with E-state index in [0.717, 1.165) is 27.9 Å². The summed E-state index contributed by atoms with van der Waals surface area (Å²) in [6.07, 6.45) is -4.59. The number of amides is 1. The van der Waals surface area contributed by atoms with Crippen LogP contribution < -0.4 is 16.6 Å². The van der Waals surface area contributed by atoms with Crippen molar-refractivity contribution in [3.05, 3.63) is 128 Å². The molecular weight excluding hydrogens is 473 g/mol. The molecule has 0 fully saturated rings. The maximum absolute atomic E-state index is 13.2. The number of carbonyl (C=O) groups excluding carboxylic acids is 1. The number of halogens is 3. The standard InChI is InChI=1S/C26H21F3N4O3/c1-17-10-12-21(13-11-17)33-25(36)32(16-19-8-5-9-20(14-19)26(27,28)29)24(35)22(31-33)23(34)30-15-18-6-3-2-4-7-18/h2-14H,15-16H2,1H3,(H,30,34). The van der Waals surface area contributed by atoms with E-state index in [1.807, 2.05) is 13.0 Å². The second kappa shape index (κ2) is 10.0. The molecule has 7 nitrogen and oxygen atoms in total. The molecule has 10 heteroatoms. The predicted octanol–water partition coefficient (Wildman–Crippen LogP) is 3.70. The molecule has 0 saturated carbocycles. The van der Waals surface area contributed by atoms with Crippen molar-refractivity contribution >= 4 is 5.91 Å². The minimum absolute atomic E-state index is 0.0707. The lowest BCUT2D eigenvalue weighted by Gasteiger charge is -2.13. The molecule has 0 unspecified atom stereocenters. The highest BCUT2D eigenvalue weighted by Crippen LogP contribution is 2.29. The second-order valence-corrected chi connectivity index (χ2v) is 8.14. The van der Waals surface area contributed by atoms with E-state index < -0.39 is 41.1 Å². The Hall–Kier alpha value is -4.47. The zero-order chi connectivity index (χ0) is 25.9. The zero-order valence-electron chi connectivity index (χ0n) is 19.1. The second-order valence-electron chi connectivity index (χ2n) is 8.14. The first-order valence-electron chi connectivity index (χ1n) is 10.9. The van der Waals surface area contributed by atoms with Crippen molar-refractivity contribution in [2.24, 2.45) is 0 Å². The van der Waals surface area contributed by atoms with Gasteiger partial charge in [-0.1, -0.05) is 60.2 Å². The molecule has 1 amide bonds. The Morgan fingerprint density at radius 3 is 2.25 bits per heavy atom. The van der Waals surface area contributed by atoms with Gasteiger partial charge in [-0.2, -0.15) is 23.0 Å². The summed E-state index contributed by atoms with van der Waals surface area (Å²) in [6.45, 7) is 1.48. The van der Waals surface area contributed by atoms with Crippen LogP contribution in [0.25, 0.3) is 5.69 Å². The number of carbonyl (C=O) groups is 1. The number of alkyl halides is 3. The summed E-state index contributed by atoms with van der Waals surface area (Å²) in [7, 11) is 0. The lowest BCUT2D eigenvalue weighted by molar-refractivity contribution is -0.137. The first-order valence-corrected chi connectivity index (χ1v) is 10.9. The molecule has 4 aromatic rings. The fourth-order valence-electron chi connectivity index (χ4n) is 3.54. The van der Waals surface area contributed by atoms with E-state index >= 15 is 0 Å². The summed E-state index contributed by atoms with van der Waals surface area (Å²) in [4.78, 5) is 39.3. The lowest BCUT2D eigenvalue weighted by atomic mass is 10.1. The van der Waals surface area contributed by atoms with Crippen LogP contribution in [0.2, 0.25) is 0 Å². The van der Waals surface area contributed by atoms with Gasteiger partial charge in [-0.25, -0.2) is 4.79 Å². The number of nitrogens with zero attached hydrogens (tertiary/aromatic N) is 3. The Morgan fingerprint density at radius 1 is 0.917 bits per heavy atom. The van der Waals surface area contributed by atoms with Gasteiger partial charge in [0.1, 0.15) is 0 Å². The molecule has 3 aromatic carbocycles. The molecule has 1 aromatic heterocycles. The maximum Gasteiger partial charge on any atom is 0.416 e. The van der Waals surface area contributed by atoms with Crippen LogP contribution in [-0.4, -0.2) is 20.3 Å². The number of aryl methyl sites for hydroxylation is 1. The summed E-state index contributed by atoms with van der Waals surface area (Å²) in [5.41, 5.74) is -1.32. The summed E-state index contributed by atoms with van der Waals surface area (Å²) < 4.78 is 41.1. The number of nitrogens with one attached hydrogen (secondary N) is 1. The van der Waals surface area contributed by atoms with Crippen molar-refractivity contribution in [2.45, 2.75) is 26.2 Å². The molecule has 0 radical (unpaired) electrons. The van der Waals surface area contributed by atoms with Gasteiger partial charge < -0.3 is 5.32 Å². The van der Waals surface area contributed by atoms with Gasteiger partial charge in [0.25, 0.3) is 11.5 Å². The zero-order valence-corrected chi connectivity index (χ0v) is 19.1. The van der Waals surface area contributed by atoms with Gasteiger partial charge in [0, 0.05) is 6.54 Å². The quantitative estimate of drug-likeness (QED) is 0.443. The molecule has 0 aliphatic carbocycles. The largest absolute Gasteiger partial charge is 0.416 e. The molecule has 0 spiro atoms. The Kier molecular flexibility index (Phi) is 6.86.